The van der Waals surface area contributed by atoms with Crippen LogP contribution in [-0.4, -0.2) is 63.1 Å². The molecule has 0 spiro atoms. The number of sulfone groups is 1. The minimum absolute atomic E-state index is 0.0434. The fraction of sp³-hybridized carbons (Fsp3) is 1.00. The maximum atomic E-state index is 12.1. The molecule has 1 N–H and O–H groups in total. The summed E-state index contributed by atoms with van der Waals surface area (Å²) in [4.78, 5) is 0. The Morgan fingerprint density at radius 1 is 1.29 bits per heavy atom. The number of fused-ring (bicyclic) bond motifs is 1. The molecule has 2 aliphatic heterocycles. The van der Waals surface area contributed by atoms with Crippen molar-refractivity contribution in [3.8, 4) is 0 Å². The van der Waals surface area contributed by atoms with Crippen molar-refractivity contribution in [2.24, 2.45) is 0 Å². The number of nitrogens with zero attached hydrogens (tertiary/aromatic N) is 1. The Morgan fingerprint density at radius 3 is 2.53 bits per heavy atom. The molecular weight excluding hydrogens is 264 g/mol. The van der Waals surface area contributed by atoms with E-state index < -0.39 is 31.2 Å². The molecule has 17 heavy (non-hydrogen) atoms. The molecule has 0 unspecified atom stereocenters. The highest BCUT2D eigenvalue weighted by Crippen LogP contribution is 2.25. The maximum absolute atomic E-state index is 12.1. The Hall–Kier alpha value is -0.180. The average molecular weight is 282 g/mol. The third-order valence-electron chi connectivity index (χ3n) is 3.35. The molecule has 0 aromatic carbocycles. The molecule has 2 aliphatic rings. The smallest absolute Gasteiger partial charge is 0.216 e. The lowest BCUT2D eigenvalue weighted by Gasteiger charge is -2.37. The number of sulfonamides is 1. The fourth-order valence-corrected chi connectivity index (χ4v) is 5.96. The Bertz CT molecular complexity index is 497. The molecular formula is C9H18N2O4S2. The second-order valence-corrected chi connectivity index (χ2v) is 9.50. The SMILES string of the molecule is CC(C)S(=O)(=O)N1CCN[C@H]2CS(=O)(=O)C[C@H]21. The van der Waals surface area contributed by atoms with E-state index in [0.29, 0.717) is 13.1 Å². The molecule has 2 rings (SSSR count). The van der Waals surface area contributed by atoms with E-state index in [4.69, 9.17) is 0 Å². The molecule has 2 atom stereocenters. The van der Waals surface area contributed by atoms with Crippen molar-refractivity contribution in [2.75, 3.05) is 24.6 Å². The summed E-state index contributed by atoms with van der Waals surface area (Å²) in [5, 5.41) is 2.58. The first kappa shape index (κ1) is 13.3. The van der Waals surface area contributed by atoms with Crippen LogP contribution in [0.1, 0.15) is 13.8 Å². The number of rotatable bonds is 2. The monoisotopic (exact) mass is 282 g/mol. The Morgan fingerprint density at radius 2 is 1.94 bits per heavy atom. The van der Waals surface area contributed by atoms with Gasteiger partial charge in [0, 0.05) is 19.1 Å². The van der Waals surface area contributed by atoms with Crippen molar-refractivity contribution < 1.29 is 16.8 Å². The fourth-order valence-electron chi connectivity index (χ4n) is 2.42. The first-order chi connectivity index (χ1) is 7.74. The van der Waals surface area contributed by atoms with E-state index in [1.54, 1.807) is 13.8 Å². The molecule has 2 fully saturated rings. The standard InChI is InChI=1S/C9H18N2O4S2/c1-7(2)17(14,15)11-4-3-10-8-5-16(12,13)6-9(8)11/h7-10H,3-6H2,1-2H3/t8-,9+/m0/s1. The number of piperazine rings is 1. The molecule has 0 bridgehead atoms. The molecule has 2 saturated heterocycles. The van der Waals surface area contributed by atoms with Gasteiger partial charge in [0.2, 0.25) is 10.0 Å². The predicted molar refractivity (Wildman–Crippen MR) is 65.0 cm³/mol. The average Bonchev–Trinajstić information content (AvgIpc) is 2.50. The van der Waals surface area contributed by atoms with E-state index in [-0.39, 0.29) is 17.5 Å². The predicted octanol–water partition coefficient (Wildman–Crippen LogP) is -1.20. The second kappa shape index (κ2) is 4.18. The van der Waals surface area contributed by atoms with Crippen molar-refractivity contribution in [2.45, 2.75) is 31.2 Å². The number of hydrogen-bond donors (Lipinski definition) is 1. The van der Waals surface area contributed by atoms with Crippen LogP contribution >= 0.6 is 0 Å². The van der Waals surface area contributed by atoms with Gasteiger partial charge in [-0.3, -0.25) is 0 Å². The van der Waals surface area contributed by atoms with Crippen LogP contribution in [0.2, 0.25) is 0 Å². The Balaban J connectivity index is 2.31. The van der Waals surface area contributed by atoms with Gasteiger partial charge in [-0.1, -0.05) is 0 Å². The van der Waals surface area contributed by atoms with Gasteiger partial charge >= 0.3 is 0 Å². The second-order valence-electron chi connectivity index (χ2n) is 4.91. The van der Waals surface area contributed by atoms with Gasteiger partial charge in [0.1, 0.15) is 0 Å². The normalized spacial score (nSPS) is 33.8. The van der Waals surface area contributed by atoms with Crippen molar-refractivity contribution in [3.05, 3.63) is 0 Å². The van der Waals surface area contributed by atoms with Crippen LogP contribution in [0.3, 0.4) is 0 Å². The zero-order valence-electron chi connectivity index (χ0n) is 9.96. The van der Waals surface area contributed by atoms with E-state index in [9.17, 15) is 16.8 Å². The highest BCUT2D eigenvalue weighted by Gasteiger charge is 2.47. The van der Waals surface area contributed by atoms with Gasteiger partial charge in [-0.15, -0.1) is 0 Å². The third kappa shape index (κ3) is 2.35. The molecule has 0 aromatic heterocycles. The van der Waals surface area contributed by atoms with Gasteiger partial charge < -0.3 is 5.32 Å². The van der Waals surface area contributed by atoms with E-state index in [1.165, 1.54) is 4.31 Å². The summed E-state index contributed by atoms with van der Waals surface area (Å²) in [6.07, 6.45) is 0. The minimum Gasteiger partial charge on any atom is -0.310 e. The summed E-state index contributed by atoms with van der Waals surface area (Å²) in [5.41, 5.74) is 0. The summed E-state index contributed by atoms with van der Waals surface area (Å²) in [5.74, 6) is -0.0155. The summed E-state index contributed by atoms with van der Waals surface area (Å²) in [7, 11) is -6.49. The van der Waals surface area contributed by atoms with Gasteiger partial charge in [-0.25, -0.2) is 16.8 Å². The van der Waals surface area contributed by atoms with Gasteiger partial charge in [0.15, 0.2) is 9.84 Å². The van der Waals surface area contributed by atoms with Crippen LogP contribution in [0.25, 0.3) is 0 Å². The summed E-state index contributed by atoms with van der Waals surface area (Å²) in [6, 6.07) is -0.677. The van der Waals surface area contributed by atoms with Crippen molar-refractivity contribution in [1.82, 2.24) is 9.62 Å². The van der Waals surface area contributed by atoms with Gasteiger partial charge in [-0.05, 0) is 13.8 Å². The Labute approximate surface area is 102 Å². The largest absolute Gasteiger partial charge is 0.310 e. The molecule has 6 nitrogen and oxygen atoms in total. The van der Waals surface area contributed by atoms with Crippen LogP contribution < -0.4 is 5.32 Å². The zero-order valence-corrected chi connectivity index (χ0v) is 11.6. The van der Waals surface area contributed by atoms with E-state index in [2.05, 4.69) is 5.32 Å². The van der Waals surface area contributed by atoms with E-state index in [0.717, 1.165) is 0 Å². The molecule has 100 valence electrons. The van der Waals surface area contributed by atoms with Crippen LogP contribution in [-0.2, 0) is 19.9 Å². The lowest BCUT2D eigenvalue weighted by atomic mass is 10.1. The number of hydrogen-bond acceptors (Lipinski definition) is 5. The molecule has 0 aliphatic carbocycles. The van der Waals surface area contributed by atoms with Crippen molar-refractivity contribution >= 4 is 19.9 Å². The molecule has 0 saturated carbocycles. The summed E-state index contributed by atoms with van der Waals surface area (Å²) < 4.78 is 48.8. The topological polar surface area (TPSA) is 83.6 Å². The van der Waals surface area contributed by atoms with Gasteiger partial charge in [0.05, 0.1) is 22.8 Å². The number of nitrogens with one attached hydrogen (secondary N) is 1. The lowest BCUT2D eigenvalue weighted by molar-refractivity contribution is 0.245. The molecule has 0 amide bonds. The molecule has 0 aromatic rings. The third-order valence-corrected chi connectivity index (χ3v) is 7.37. The highest BCUT2D eigenvalue weighted by atomic mass is 32.2. The van der Waals surface area contributed by atoms with Gasteiger partial charge in [-0.2, -0.15) is 4.31 Å². The zero-order chi connectivity index (χ0) is 12.8. The van der Waals surface area contributed by atoms with Crippen molar-refractivity contribution in [1.29, 1.82) is 0 Å². The molecule has 2 heterocycles. The van der Waals surface area contributed by atoms with Crippen LogP contribution in [0, 0.1) is 0 Å². The quantitative estimate of drug-likeness (QED) is 0.687. The van der Waals surface area contributed by atoms with Gasteiger partial charge in [0.25, 0.3) is 0 Å². The summed E-state index contributed by atoms with van der Waals surface area (Å²) in [6.45, 7) is 4.12. The van der Waals surface area contributed by atoms with E-state index in [1.807, 2.05) is 0 Å². The maximum Gasteiger partial charge on any atom is 0.216 e. The first-order valence-electron chi connectivity index (χ1n) is 5.68. The summed E-state index contributed by atoms with van der Waals surface area (Å²) >= 11 is 0. The molecule has 8 heteroatoms. The van der Waals surface area contributed by atoms with Crippen LogP contribution in [0.15, 0.2) is 0 Å². The minimum atomic E-state index is -3.38. The van der Waals surface area contributed by atoms with E-state index >= 15 is 0 Å². The van der Waals surface area contributed by atoms with Crippen LogP contribution in [0.5, 0.6) is 0 Å². The first-order valence-corrected chi connectivity index (χ1v) is 9.01. The van der Waals surface area contributed by atoms with Crippen LogP contribution in [0.4, 0.5) is 0 Å². The highest BCUT2D eigenvalue weighted by molar-refractivity contribution is 7.92. The lowest BCUT2D eigenvalue weighted by Crippen LogP contribution is -2.60. The Kier molecular flexibility index (Phi) is 3.26. The molecule has 0 radical (unpaired) electrons. The van der Waals surface area contributed by atoms with Crippen molar-refractivity contribution in [3.63, 3.8) is 0 Å².